The Hall–Kier alpha value is -1.24. The molecule has 0 aromatic rings. The molecule has 0 aromatic carbocycles. The molecular formula is C22H41NO5S. The minimum absolute atomic E-state index is 0.101. The van der Waals surface area contributed by atoms with E-state index in [9.17, 15) is 14.4 Å². The number of carbonyl (C=O) groups excluding carboxylic acids is 3. The molecule has 0 aliphatic rings. The highest BCUT2D eigenvalue weighted by Crippen LogP contribution is 2.12. The van der Waals surface area contributed by atoms with Crippen molar-refractivity contribution in [2.45, 2.75) is 90.4 Å². The summed E-state index contributed by atoms with van der Waals surface area (Å²) in [6, 6.07) is 0. The van der Waals surface area contributed by atoms with Gasteiger partial charge < -0.3 is 14.8 Å². The van der Waals surface area contributed by atoms with Gasteiger partial charge in [-0.1, -0.05) is 71.1 Å². The van der Waals surface area contributed by atoms with Crippen molar-refractivity contribution in [3.05, 3.63) is 0 Å². The smallest absolute Gasteiger partial charge is 0.325 e. The van der Waals surface area contributed by atoms with Gasteiger partial charge in [-0.15, -0.1) is 0 Å². The fourth-order valence-corrected chi connectivity index (χ4v) is 3.55. The second-order valence-electron chi connectivity index (χ2n) is 7.22. The van der Waals surface area contributed by atoms with Crippen molar-refractivity contribution >= 4 is 29.6 Å². The van der Waals surface area contributed by atoms with Crippen LogP contribution in [0.5, 0.6) is 0 Å². The third-order valence-corrected chi connectivity index (χ3v) is 5.55. The Morgan fingerprint density at radius 2 is 1.34 bits per heavy atom. The van der Waals surface area contributed by atoms with E-state index < -0.39 is 5.97 Å². The molecule has 0 aliphatic carbocycles. The van der Waals surface area contributed by atoms with Gasteiger partial charge in [0.2, 0.25) is 5.91 Å². The first-order valence-electron chi connectivity index (χ1n) is 11.2. The molecule has 0 saturated heterocycles. The van der Waals surface area contributed by atoms with Crippen LogP contribution in [-0.4, -0.2) is 49.6 Å². The molecule has 0 atom stereocenters. The van der Waals surface area contributed by atoms with Crippen LogP contribution in [0.15, 0.2) is 0 Å². The highest BCUT2D eigenvalue weighted by atomic mass is 32.2. The van der Waals surface area contributed by atoms with E-state index in [1.54, 1.807) is 11.8 Å². The van der Waals surface area contributed by atoms with Crippen LogP contribution in [0.2, 0.25) is 0 Å². The Morgan fingerprint density at radius 3 is 1.93 bits per heavy atom. The molecule has 6 nitrogen and oxygen atoms in total. The van der Waals surface area contributed by atoms with Crippen molar-refractivity contribution in [3.8, 4) is 0 Å². The molecule has 1 amide bonds. The van der Waals surface area contributed by atoms with Crippen LogP contribution in [0.4, 0.5) is 0 Å². The molecule has 170 valence electrons. The van der Waals surface area contributed by atoms with Crippen molar-refractivity contribution in [2.24, 2.45) is 0 Å². The van der Waals surface area contributed by atoms with Crippen molar-refractivity contribution in [1.29, 1.82) is 0 Å². The molecule has 29 heavy (non-hydrogen) atoms. The molecule has 0 spiro atoms. The Labute approximate surface area is 181 Å². The zero-order valence-corrected chi connectivity index (χ0v) is 19.3. The Morgan fingerprint density at radius 1 is 0.759 bits per heavy atom. The number of thioether (sulfide) groups is 1. The van der Waals surface area contributed by atoms with E-state index in [2.05, 4.69) is 17.0 Å². The van der Waals surface area contributed by atoms with E-state index in [4.69, 9.17) is 4.74 Å². The van der Waals surface area contributed by atoms with Gasteiger partial charge in [-0.25, -0.2) is 0 Å². The molecule has 0 saturated carbocycles. The minimum Gasteiger partial charge on any atom is -0.468 e. The van der Waals surface area contributed by atoms with E-state index in [-0.39, 0.29) is 18.4 Å². The lowest BCUT2D eigenvalue weighted by atomic mass is 10.1. The van der Waals surface area contributed by atoms with Gasteiger partial charge in [0.05, 0.1) is 7.11 Å². The molecule has 0 bridgehead atoms. The maximum atomic E-state index is 11.7. The fraction of sp³-hybridized carbons (Fsp3) is 0.864. The second kappa shape index (κ2) is 21.5. The van der Waals surface area contributed by atoms with Crippen LogP contribution >= 0.6 is 11.8 Å². The SMILES string of the molecule is CCCCCCCCCCCCCC(=O)OCCSCCC(=O)NCC(=O)OC. The van der Waals surface area contributed by atoms with Crippen molar-refractivity contribution in [2.75, 3.05) is 31.8 Å². The van der Waals surface area contributed by atoms with Gasteiger partial charge in [0.1, 0.15) is 13.2 Å². The van der Waals surface area contributed by atoms with E-state index in [0.29, 0.717) is 31.0 Å². The molecule has 0 unspecified atom stereocenters. The standard InChI is InChI=1S/C22H41NO5S/c1-3-4-5-6-7-8-9-10-11-12-13-14-21(25)28-16-18-29-17-15-20(24)23-19-22(26)27-2/h3-19H2,1-2H3,(H,23,24). The van der Waals surface area contributed by atoms with E-state index >= 15 is 0 Å². The summed E-state index contributed by atoms with van der Waals surface area (Å²) >= 11 is 1.55. The maximum absolute atomic E-state index is 11.7. The summed E-state index contributed by atoms with van der Waals surface area (Å²) < 4.78 is 9.66. The first-order chi connectivity index (χ1) is 14.1. The van der Waals surface area contributed by atoms with Gasteiger partial charge in [0.15, 0.2) is 0 Å². The predicted octanol–water partition coefficient (Wildman–Crippen LogP) is 4.64. The summed E-state index contributed by atoms with van der Waals surface area (Å²) in [4.78, 5) is 34.1. The number of hydrogen-bond donors (Lipinski definition) is 1. The summed E-state index contributed by atoms with van der Waals surface area (Å²) in [5.41, 5.74) is 0. The van der Waals surface area contributed by atoms with E-state index in [1.807, 2.05) is 0 Å². The summed E-state index contributed by atoms with van der Waals surface area (Å²) in [5, 5.41) is 2.48. The molecule has 0 aliphatic heterocycles. The zero-order chi connectivity index (χ0) is 21.6. The van der Waals surface area contributed by atoms with Crippen LogP contribution in [-0.2, 0) is 23.9 Å². The summed E-state index contributed by atoms with van der Waals surface area (Å²) in [7, 11) is 1.28. The first-order valence-corrected chi connectivity index (χ1v) is 12.3. The van der Waals surface area contributed by atoms with Gasteiger partial charge in [0.25, 0.3) is 0 Å². The zero-order valence-electron chi connectivity index (χ0n) is 18.5. The summed E-state index contributed by atoms with van der Waals surface area (Å²) in [6.07, 6.45) is 14.7. The Bertz CT molecular complexity index is 431. The van der Waals surface area contributed by atoms with Crippen LogP contribution in [0.3, 0.4) is 0 Å². The van der Waals surface area contributed by atoms with Crippen LogP contribution < -0.4 is 5.32 Å². The number of carbonyl (C=O) groups is 3. The topological polar surface area (TPSA) is 81.7 Å². The summed E-state index contributed by atoms with van der Waals surface area (Å²) in [5.74, 6) is 0.529. The average molecular weight is 432 g/mol. The van der Waals surface area contributed by atoms with Gasteiger partial charge in [-0.05, 0) is 6.42 Å². The molecule has 0 heterocycles. The lowest BCUT2D eigenvalue weighted by molar-refractivity contribution is -0.143. The van der Waals surface area contributed by atoms with Crippen molar-refractivity contribution in [1.82, 2.24) is 5.32 Å². The van der Waals surface area contributed by atoms with Gasteiger partial charge in [0, 0.05) is 24.3 Å². The normalized spacial score (nSPS) is 10.6. The monoisotopic (exact) mass is 431 g/mol. The number of unbranched alkanes of at least 4 members (excludes halogenated alkanes) is 10. The number of ether oxygens (including phenoxy) is 2. The molecule has 0 fully saturated rings. The van der Waals surface area contributed by atoms with Crippen molar-refractivity contribution < 1.29 is 23.9 Å². The number of nitrogens with one attached hydrogen (secondary N) is 1. The number of esters is 2. The number of hydrogen-bond acceptors (Lipinski definition) is 6. The molecular weight excluding hydrogens is 390 g/mol. The third-order valence-electron chi connectivity index (χ3n) is 4.61. The lowest BCUT2D eigenvalue weighted by Gasteiger charge is -2.06. The molecule has 0 aromatic heterocycles. The van der Waals surface area contributed by atoms with Crippen LogP contribution in [0, 0.1) is 0 Å². The van der Waals surface area contributed by atoms with Crippen LogP contribution in [0.25, 0.3) is 0 Å². The quantitative estimate of drug-likeness (QED) is 0.223. The third kappa shape index (κ3) is 21.3. The maximum Gasteiger partial charge on any atom is 0.325 e. The minimum atomic E-state index is -0.462. The Kier molecular flexibility index (Phi) is 20.6. The average Bonchev–Trinajstić information content (AvgIpc) is 2.72. The van der Waals surface area contributed by atoms with Gasteiger partial charge >= 0.3 is 11.9 Å². The highest BCUT2D eigenvalue weighted by Gasteiger charge is 2.06. The van der Waals surface area contributed by atoms with Crippen LogP contribution in [0.1, 0.15) is 90.4 Å². The lowest BCUT2D eigenvalue weighted by Crippen LogP contribution is -2.30. The number of amides is 1. The molecule has 1 N–H and O–H groups in total. The first kappa shape index (κ1) is 27.8. The Balaban J connectivity index is 3.30. The van der Waals surface area contributed by atoms with Gasteiger partial charge in [-0.3, -0.25) is 14.4 Å². The second-order valence-corrected chi connectivity index (χ2v) is 8.45. The largest absolute Gasteiger partial charge is 0.468 e. The number of methoxy groups -OCH3 is 1. The van der Waals surface area contributed by atoms with Crippen molar-refractivity contribution in [3.63, 3.8) is 0 Å². The van der Waals surface area contributed by atoms with E-state index in [1.165, 1.54) is 64.9 Å². The van der Waals surface area contributed by atoms with Gasteiger partial charge in [-0.2, -0.15) is 11.8 Å². The molecule has 7 heteroatoms. The predicted molar refractivity (Wildman–Crippen MR) is 119 cm³/mol. The fourth-order valence-electron chi connectivity index (χ4n) is 2.82. The molecule has 0 rings (SSSR count). The molecule has 0 radical (unpaired) electrons. The van der Waals surface area contributed by atoms with E-state index in [0.717, 1.165) is 12.8 Å². The number of rotatable bonds is 20. The highest BCUT2D eigenvalue weighted by molar-refractivity contribution is 7.99. The summed E-state index contributed by atoms with van der Waals surface area (Å²) in [6.45, 7) is 2.53.